The van der Waals surface area contributed by atoms with Crippen molar-refractivity contribution in [2.75, 3.05) is 44.3 Å². The van der Waals surface area contributed by atoms with Crippen LogP contribution in [0.2, 0.25) is 4.34 Å². The Morgan fingerprint density at radius 2 is 2.03 bits per heavy atom. The van der Waals surface area contributed by atoms with E-state index in [1.54, 1.807) is 16.2 Å². The van der Waals surface area contributed by atoms with Crippen LogP contribution in [0, 0.1) is 0 Å². The minimum Gasteiger partial charge on any atom is -0.486 e. The number of aromatic amines is 1. The van der Waals surface area contributed by atoms with Gasteiger partial charge >= 0.3 is 6.18 Å². The van der Waals surface area contributed by atoms with E-state index in [9.17, 15) is 22.8 Å². The maximum absolute atomic E-state index is 13.0. The van der Waals surface area contributed by atoms with Gasteiger partial charge in [-0.25, -0.2) is 10.1 Å². The zero-order valence-corrected chi connectivity index (χ0v) is 18.6. The molecule has 1 amide bonds. The number of thiazole rings is 1. The number of ether oxygens (including phenoxy) is 2. The van der Waals surface area contributed by atoms with Gasteiger partial charge in [-0.1, -0.05) is 22.9 Å². The van der Waals surface area contributed by atoms with Crippen molar-refractivity contribution in [3.8, 4) is 5.75 Å². The average Bonchev–Trinajstić information content (AvgIpc) is 3.16. The van der Waals surface area contributed by atoms with E-state index < -0.39 is 29.2 Å². The second-order valence-corrected chi connectivity index (χ2v) is 8.64. The molecule has 0 aliphatic carbocycles. The summed E-state index contributed by atoms with van der Waals surface area (Å²) in [6.07, 6.45) is -3.14. The van der Waals surface area contributed by atoms with E-state index in [0.717, 1.165) is 11.3 Å². The van der Waals surface area contributed by atoms with Crippen molar-refractivity contribution < 1.29 is 27.4 Å². The lowest BCUT2D eigenvalue weighted by molar-refractivity contribution is -0.141. The summed E-state index contributed by atoms with van der Waals surface area (Å²) in [5, 5.41) is 5.90. The summed E-state index contributed by atoms with van der Waals surface area (Å²) >= 11 is 7.29. The topological polar surface area (TPSA) is 101 Å². The molecule has 0 aromatic carbocycles. The molecule has 1 N–H and O–H groups in total. The second kappa shape index (κ2) is 10.5. The maximum Gasteiger partial charge on any atom is 0.425 e. The van der Waals surface area contributed by atoms with Crippen molar-refractivity contribution in [2.45, 2.75) is 25.6 Å². The predicted octanol–water partition coefficient (Wildman–Crippen LogP) is 2.42. The molecule has 32 heavy (non-hydrogen) atoms. The summed E-state index contributed by atoms with van der Waals surface area (Å²) in [6.45, 7) is 3.91. The highest BCUT2D eigenvalue weighted by atomic mass is 35.5. The third-order valence-electron chi connectivity index (χ3n) is 4.61. The molecule has 0 bridgehead atoms. The highest BCUT2D eigenvalue weighted by Gasteiger charge is 2.38. The summed E-state index contributed by atoms with van der Waals surface area (Å²) in [6, 6.07) is 0. The van der Waals surface area contributed by atoms with Crippen molar-refractivity contribution in [3.05, 3.63) is 32.6 Å². The Balaban J connectivity index is 1.39. The third-order valence-corrected chi connectivity index (χ3v) is 5.79. The quantitative estimate of drug-likeness (QED) is 0.561. The van der Waals surface area contributed by atoms with Gasteiger partial charge in [0.15, 0.2) is 16.4 Å². The average molecular weight is 496 g/mol. The van der Waals surface area contributed by atoms with Gasteiger partial charge < -0.3 is 19.3 Å². The molecule has 1 aliphatic heterocycles. The van der Waals surface area contributed by atoms with Crippen molar-refractivity contribution >= 4 is 34.0 Å². The number of aromatic nitrogens is 3. The molecule has 2 aromatic heterocycles. The second-order valence-electron chi connectivity index (χ2n) is 7.00. The molecular weight excluding hydrogens is 475 g/mol. The number of H-pyrrole nitrogens is 1. The Morgan fingerprint density at radius 3 is 2.66 bits per heavy atom. The number of carbonyl (C=O) groups excluding carboxylic acids is 1. The van der Waals surface area contributed by atoms with Gasteiger partial charge in [0.05, 0.1) is 32.0 Å². The summed E-state index contributed by atoms with van der Waals surface area (Å²) in [4.78, 5) is 31.8. The van der Waals surface area contributed by atoms with Crippen LogP contribution in [0.5, 0.6) is 5.75 Å². The molecule has 14 heteroatoms. The van der Waals surface area contributed by atoms with E-state index in [-0.39, 0.29) is 25.5 Å². The summed E-state index contributed by atoms with van der Waals surface area (Å²) < 4.78 is 50.3. The number of piperazine rings is 1. The van der Waals surface area contributed by atoms with Crippen molar-refractivity contribution in [1.82, 2.24) is 20.1 Å². The Hall–Kier alpha value is -2.38. The minimum atomic E-state index is -4.88. The highest BCUT2D eigenvalue weighted by Crippen LogP contribution is 2.33. The normalized spacial score (nSPS) is 15.7. The van der Waals surface area contributed by atoms with Crippen LogP contribution in [-0.4, -0.2) is 71.5 Å². The Morgan fingerprint density at radius 1 is 1.31 bits per heavy atom. The van der Waals surface area contributed by atoms with Crippen LogP contribution < -0.4 is 15.2 Å². The van der Waals surface area contributed by atoms with Gasteiger partial charge in [-0.05, 0) is 6.92 Å². The summed E-state index contributed by atoms with van der Waals surface area (Å²) in [7, 11) is 0. The number of carbonyl (C=O) groups is 1. The smallest absolute Gasteiger partial charge is 0.425 e. The largest absolute Gasteiger partial charge is 0.486 e. The molecule has 1 unspecified atom stereocenters. The Bertz CT molecular complexity index is 978. The minimum absolute atomic E-state index is 0.0596. The molecule has 176 valence electrons. The first kappa shape index (κ1) is 24.3. The highest BCUT2D eigenvalue weighted by molar-refractivity contribution is 7.19. The van der Waals surface area contributed by atoms with E-state index in [1.165, 1.54) is 18.3 Å². The molecule has 1 saturated heterocycles. The molecule has 0 spiro atoms. The molecule has 2 aromatic rings. The number of alkyl halides is 3. The van der Waals surface area contributed by atoms with Crippen molar-refractivity contribution in [1.29, 1.82) is 0 Å². The fourth-order valence-electron chi connectivity index (χ4n) is 3.10. The van der Waals surface area contributed by atoms with E-state index in [1.807, 2.05) is 0 Å². The maximum atomic E-state index is 13.0. The van der Waals surface area contributed by atoms with E-state index >= 15 is 0 Å². The lowest BCUT2D eigenvalue weighted by atomic mass is 10.2. The first-order valence-electron chi connectivity index (χ1n) is 9.68. The zero-order valence-electron chi connectivity index (χ0n) is 17.0. The Labute approximate surface area is 190 Å². The number of halogens is 4. The van der Waals surface area contributed by atoms with Crippen LogP contribution in [0.4, 0.5) is 18.3 Å². The Kier molecular flexibility index (Phi) is 7.96. The first-order valence-corrected chi connectivity index (χ1v) is 10.9. The monoisotopic (exact) mass is 495 g/mol. The van der Waals surface area contributed by atoms with E-state index in [0.29, 0.717) is 30.5 Å². The van der Waals surface area contributed by atoms with Crippen molar-refractivity contribution in [3.63, 3.8) is 0 Å². The van der Waals surface area contributed by atoms with Crippen LogP contribution in [0.15, 0.2) is 17.2 Å². The SMILES string of the molecule is CC(COCCC(=O)N1CCN(c2ncc(Cl)s2)CC1)Oc1cn[nH]c(=O)c1C(F)(F)F. The molecule has 3 heterocycles. The predicted molar refractivity (Wildman–Crippen MR) is 111 cm³/mol. The van der Waals surface area contributed by atoms with Crippen LogP contribution in [0.25, 0.3) is 0 Å². The van der Waals surface area contributed by atoms with Gasteiger partial charge in [-0.2, -0.15) is 18.3 Å². The lowest BCUT2D eigenvalue weighted by Gasteiger charge is -2.34. The van der Waals surface area contributed by atoms with Crippen molar-refractivity contribution in [2.24, 2.45) is 0 Å². The fourth-order valence-corrected chi connectivity index (χ4v) is 4.05. The van der Waals surface area contributed by atoms with Crippen LogP contribution in [-0.2, 0) is 15.7 Å². The molecule has 1 aliphatic rings. The standard InChI is InChI=1S/C18H21ClF3N5O4S/c1-11(31-12-8-24-25-16(29)15(12)18(20,21)22)10-30-7-2-14(28)26-3-5-27(6-4-26)17-23-9-13(19)32-17/h8-9,11H,2-7,10H2,1H3,(H,25,29). The third kappa shape index (κ3) is 6.33. The molecule has 9 nitrogen and oxygen atoms in total. The van der Waals surface area contributed by atoms with Gasteiger partial charge in [0.25, 0.3) is 5.56 Å². The summed E-state index contributed by atoms with van der Waals surface area (Å²) in [5.41, 5.74) is -2.83. The first-order chi connectivity index (χ1) is 15.1. The molecular formula is C18H21ClF3N5O4S. The molecule has 0 radical (unpaired) electrons. The number of rotatable bonds is 8. The lowest BCUT2D eigenvalue weighted by Crippen LogP contribution is -2.49. The number of nitrogens with zero attached hydrogens (tertiary/aromatic N) is 4. The molecule has 0 saturated carbocycles. The molecule has 1 atom stereocenters. The fraction of sp³-hybridized carbons (Fsp3) is 0.556. The van der Waals surface area contributed by atoms with Crippen LogP contribution >= 0.6 is 22.9 Å². The van der Waals surface area contributed by atoms with Gasteiger partial charge in [0.1, 0.15) is 10.4 Å². The number of amides is 1. The van der Waals surface area contributed by atoms with Gasteiger partial charge in [0.2, 0.25) is 5.91 Å². The van der Waals surface area contributed by atoms with E-state index in [2.05, 4.69) is 15.0 Å². The number of anilines is 1. The zero-order chi connectivity index (χ0) is 23.3. The summed E-state index contributed by atoms with van der Waals surface area (Å²) in [5.74, 6) is -0.749. The van der Waals surface area contributed by atoms with Gasteiger partial charge in [-0.15, -0.1) is 0 Å². The van der Waals surface area contributed by atoms with E-state index in [4.69, 9.17) is 21.1 Å². The van der Waals surface area contributed by atoms with Gasteiger partial charge in [-0.3, -0.25) is 9.59 Å². The number of hydrogen-bond donors (Lipinski definition) is 1. The van der Waals surface area contributed by atoms with Crippen LogP contribution in [0.3, 0.4) is 0 Å². The molecule has 3 rings (SSSR count). The van der Waals surface area contributed by atoms with Gasteiger partial charge in [0, 0.05) is 26.2 Å². The molecule has 1 fully saturated rings. The number of hydrogen-bond acceptors (Lipinski definition) is 8. The number of nitrogens with one attached hydrogen (secondary N) is 1. The van der Waals surface area contributed by atoms with Crippen LogP contribution in [0.1, 0.15) is 18.9 Å².